The largest absolute Gasteiger partial charge is 0.441 e. The molecule has 0 aliphatic rings. The number of carbonyl (C=O) groups excluding carboxylic acids is 1. The molecule has 3 rings (SSSR count). The van der Waals surface area contributed by atoms with E-state index in [1.54, 1.807) is 30.7 Å². The molecule has 3 aromatic rings. The zero-order valence-electron chi connectivity index (χ0n) is 13.8. The molecule has 2 heterocycles. The van der Waals surface area contributed by atoms with Crippen molar-refractivity contribution in [3.63, 3.8) is 0 Å². The molecule has 0 spiro atoms. The van der Waals surface area contributed by atoms with Crippen molar-refractivity contribution in [2.45, 2.75) is 25.8 Å². The van der Waals surface area contributed by atoms with E-state index in [2.05, 4.69) is 15.3 Å². The van der Waals surface area contributed by atoms with Crippen LogP contribution >= 0.6 is 0 Å². The van der Waals surface area contributed by atoms with Crippen molar-refractivity contribution in [3.8, 4) is 11.3 Å². The van der Waals surface area contributed by atoms with Gasteiger partial charge in [0.05, 0.1) is 12.2 Å². The third-order valence-corrected chi connectivity index (χ3v) is 3.81. The maximum atomic E-state index is 12.9. The molecule has 0 fully saturated rings. The van der Waals surface area contributed by atoms with Gasteiger partial charge in [-0.15, -0.1) is 0 Å². The number of nitrogens with zero attached hydrogens (tertiary/aromatic N) is 2. The van der Waals surface area contributed by atoms with Gasteiger partial charge in [0.15, 0.2) is 11.7 Å². The molecule has 1 aromatic carbocycles. The Balaban J connectivity index is 1.53. The van der Waals surface area contributed by atoms with Crippen LogP contribution in [0.5, 0.6) is 0 Å². The van der Waals surface area contributed by atoms with Gasteiger partial charge in [-0.1, -0.05) is 6.07 Å². The molecule has 2 aromatic heterocycles. The Hall–Kier alpha value is -3.02. The Labute approximate surface area is 144 Å². The van der Waals surface area contributed by atoms with Gasteiger partial charge in [-0.3, -0.25) is 9.78 Å². The molecule has 0 radical (unpaired) electrons. The number of amides is 1. The molecule has 128 valence electrons. The summed E-state index contributed by atoms with van der Waals surface area (Å²) in [6.45, 7) is 1.91. The van der Waals surface area contributed by atoms with Crippen LogP contribution in [0.15, 0.2) is 59.4 Å². The number of rotatable bonds is 6. The van der Waals surface area contributed by atoms with Crippen LogP contribution in [0.4, 0.5) is 4.39 Å². The van der Waals surface area contributed by atoms with Crippen LogP contribution in [0.25, 0.3) is 11.3 Å². The maximum absolute atomic E-state index is 12.9. The maximum Gasteiger partial charge on any atom is 0.220 e. The summed E-state index contributed by atoms with van der Waals surface area (Å²) in [6.07, 6.45) is 5.67. The lowest BCUT2D eigenvalue weighted by molar-refractivity contribution is -0.121. The molecule has 25 heavy (non-hydrogen) atoms. The van der Waals surface area contributed by atoms with Crippen molar-refractivity contribution in [1.29, 1.82) is 0 Å². The van der Waals surface area contributed by atoms with Gasteiger partial charge >= 0.3 is 0 Å². The average molecular weight is 339 g/mol. The Morgan fingerprint density at radius 3 is 2.76 bits per heavy atom. The number of hydrogen-bond donors (Lipinski definition) is 1. The normalized spacial score (nSPS) is 11.9. The first-order chi connectivity index (χ1) is 12.1. The molecule has 1 amide bonds. The van der Waals surface area contributed by atoms with E-state index < -0.39 is 0 Å². The van der Waals surface area contributed by atoms with Gasteiger partial charge in [0.2, 0.25) is 5.91 Å². The molecule has 1 unspecified atom stereocenters. The summed E-state index contributed by atoms with van der Waals surface area (Å²) in [5.74, 6) is 0.642. The van der Waals surface area contributed by atoms with E-state index in [0.29, 0.717) is 18.1 Å². The van der Waals surface area contributed by atoms with Crippen molar-refractivity contribution in [1.82, 2.24) is 15.3 Å². The van der Waals surface area contributed by atoms with Crippen LogP contribution in [0.2, 0.25) is 0 Å². The topological polar surface area (TPSA) is 68.0 Å². The van der Waals surface area contributed by atoms with E-state index in [-0.39, 0.29) is 24.2 Å². The van der Waals surface area contributed by atoms with Crippen LogP contribution in [-0.2, 0) is 11.2 Å². The molecule has 0 aliphatic heterocycles. The first-order valence-corrected chi connectivity index (χ1v) is 8.02. The van der Waals surface area contributed by atoms with Crippen LogP contribution in [-0.4, -0.2) is 15.9 Å². The number of benzene rings is 1. The second-order valence-corrected chi connectivity index (χ2v) is 5.70. The minimum Gasteiger partial charge on any atom is -0.441 e. The lowest BCUT2D eigenvalue weighted by Gasteiger charge is -2.13. The first kappa shape index (κ1) is 16.8. The highest BCUT2D eigenvalue weighted by atomic mass is 19.1. The van der Waals surface area contributed by atoms with Crippen LogP contribution in [0.3, 0.4) is 0 Å². The predicted molar refractivity (Wildman–Crippen MR) is 91.0 cm³/mol. The summed E-state index contributed by atoms with van der Waals surface area (Å²) < 4.78 is 18.6. The van der Waals surface area contributed by atoms with E-state index in [1.165, 1.54) is 12.1 Å². The van der Waals surface area contributed by atoms with Gasteiger partial charge in [0.1, 0.15) is 5.82 Å². The standard InChI is InChI=1S/C19H18FN3O2/c1-13(15-3-2-10-21-11-15)23-18(24)8-9-19-22-12-17(25-19)14-4-6-16(20)7-5-14/h2-7,10-13H,8-9H2,1H3,(H,23,24). The van der Waals surface area contributed by atoms with Gasteiger partial charge in [-0.05, 0) is 42.8 Å². The lowest BCUT2D eigenvalue weighted by atomic mass is 10.1. The lowest BCUT2D eigenvalue weighted by Crippen LogP contribution is -2.26. The summed E-state index contributed by atoms with van der Waals surface area (Å²) >= 11 is 0. The first-order valence-electron chi connectivity index (χ1n) is 8.02. The van der Waals surface area contributed by atoms with Crippen molar-refractivity contribution < 1.29 is 13.6 Å². The highest BCUT2D eigenvalue weighted by Crippen LogP contribution is 2.21. The Morgan fingerprint density at radius 1 is 1.24 bits per heavy atom. The average Bonchev–Trinajstić information content (AvgIpc) is 3.10. The molecular formula is C19H18FN3O2. The zero-order valence-corrected chi connectivity index (χ0v) is 13.8. The Kier molecular flexibility index (Phi) is 5.18. The monoisotopic (exact) mass is 339 g/mol. The van der Waals surface area contributed by atoms with E-state index in [0.717, 1.165) is 11.1 Å². The van der Waals surface area contributed by atoms with Gasteiger partial charge in [-0.2, -0.15) is 0 Å². The molecule has 1 atom stereocenters. The highest BCUT2D eigenvalue weighted by Gasteiger charge is 2.12. The van der Waals surface area contributed by atoms with Crippen LogP contribution < -0.4 is 5.32 Å². The summed E-state index contributed by atoms with van der Waals surface area (Å²) in [5, 5.41) is 2.92. The van der Waals surface area contributed by atoms with Crippen molar-refractivity contribution >= 4 is 5.91 Å². The highest BCUT2D eigenvalue weighted by molar-refractivity contribution is 5.76. The van der Waals surface area contributed by atoms with Crippen molar-refractivity contribution in [2.24, 2.45) is 0 Å². The summed E-state index contributed by atoms with van der Waals surface area (Å²) in [6, 6.07) is 9.63. The third-order valence-electron chi connectivity index (χ3n) is 3.81. The molecule has 0 saturated heterocycles. The molecular weight excluding hydrogens is 321 g/mol. The number of oxazole rings is 1. The number of nitrogens with one attached hydrogen (secondary N) is 1. The van der Waals surface area contributed by atoms with Gasteiger partial charge in [0.25, 0.3) is 0 Å². The minimum atomic E-state index is -0.303. The second kappa shape index (κ2) is 7.70. The van der Waals surface area contributed by atoms with Gasteiger partial charge in [-0.25, -0.2) is 9.37 Å². The molecule has 0 bridgehead atoms. The van der Waals surface area contributed by atoms with E-state index in [4.69, 9.17) is 4.42 Å². The molecule has 0 aliphatic carbocycles. The van der Waals surface area contributed by atoms with E-state index in [1.807, 2.05) is 19.1 Å². The van der Waals surface area contributed by atoms with Crippen LogP contribution in [0.1, 0.15) is 30.8 Å². The quantitative estimate of drug-likeness (QED) is 0.744. The summed E-state index contributed by atoms with van der Waals surface area (Å²) in [7, 11) is 0. The van der Waals surface area contributed by atoms with Gasteiger partial charge in [0, 0.05) is 30.8 Å². The van der Waals surface area contributed by atoms with Crippen molar-refractivity contribution in [2.75, 3.05) is 0 Å². The minimum absolute atomic E-state index is 0.0853. The van der Waals surface area contributed by atoms with Gasteiger partial charge < -0.3 is 9.73 Å². The Morgan fingerprint density at radius 2 is 2.04 bits per heavy atom. The Bertz CT molecular complexity index is 831. The fraction of sp³-hybridized carbons (Fsp3) is 0.211. The molecule has 1 N–H and O–H groups in total. The number of aryl methyl sites for hydroxylation is 1. The number of aromatic nitrogens is 2. The number of halogens is 1. The molecule has 6 heteroatoms. The SMILES string of the molecule is CC(NC(=O)CCc1ncc(-c2ccc(F)cc2)o1)c1cccnc1. The number of pyridine rings is 1. The van der Waals surface area contributed by atoms with E-state index in [9.17, 15) is 9.18 Å². The van der Waals surface area contributed by atoms with E-state index >= 15 is 0 Å². The number of hydrogen-bond acceptors (Lipinski definition) is 4. The molecule has 5 nitrogen and oxygen atoms in total. The third kappa shape index (κ3) is 4.50. The van der Waals surface area contributed by atoms with Crippen LogP contribution in [0, 0.1) is 5.82 Å². The molecule has 0 saturated carbocycles. The van der Waals surface area contributed by atoms with Crippen molar-refractivity contribution in [3.05, 3.63) is 72.3 Å². The summed E-state index contributed by atoms with van der Waals surface area (Å²) in [5.41, 5.74) is 1.69. The fourth-order valence-corrected chi connectivity index (χ4v) is 2.42. The zero-order chi connectivity index (χ0) is 17.6. The smallest absolute Gasteiger partial charge is 0.220 e. The number of carbonyl (C=O) groups is 1. The second-order valence-electron chi connectivity index (χ2n) is 5.70. The predicted octanol–water partition coefficient (Wildman–Crippen LogP) is 3.69. The summed E-state index contributed by atoms with van der Waals surface area (Å²) in [4.78, 5) is 20.3. The fourth-order valence-electron chi connectivity index (χ4n) is 2.42.